The molecule has 1 saturated carbocycles. The van der Waals surface area contributed by atoms with E-state index in [4.69, 9.17) is 17.0 Å². The summed E-state index contributed by atoms with van der Waals surface area (Å²) in [7, 11) is 0. The molecule has 19 heavy (non-hydrogen) atoms. The monoisotopic (exact) mass is 285 g/mol. The van der Waals surface area contributed by atoms with E-state index in [2.05, 4.69) is 15.1 Å². The molecule has 2 fully saturated rings. The predicted molar refractivity (Wildman–Crippen MR) is 82.4 cm³/mol. The molecule has 4 nitrogen and oxygen atoms in total. The minimum atomic E-state index is 0.799. The van der Waals surface area contributed by atoms with Crippen molar-refractivity contribution >= 4 is 17.3 Å². The van der Waals surface area contributed by atoms with E-state index in [0.29, 0.717) is 0 Å². The fourth-order valence-electron chi connectivity index (χ4n) is 2.42. The van der Waals surface area contributed by atoms with Crippen LogP contribution in [0, 0.1) is 5.92 Å². The summed E-state index contributed by atoms with van der Waals surface area (Å²) >= 11 is 5.45. The van der Waals surface area contributed by atoms with Crippen molar-refractivity contribution in [2.45, 2.75) is 26.2 Å². The average Bonchev–Trinajstić information content (AvgIpc) is 3.23. The Bertz CT molecular complexity index is 276. The molecule has 2 aliphatic rings. The van der Waals surface area contributed by atoms with Gasteiger partial charge >= 0.3 is 0 Å². The van der Waals surface area contributed by atoms with E-state index in [9.17, 15) is 0 Å². The molecule has 0 unspecified atom stereocenters. The first-order valence-corrected chi connectivity index (χ1v) is 8.03. The minimum absolute atomic E-state index is 0.799. The first-order chi connectivity index (χ1) is 9.29. The Morgan fingerprint density at radius 1 is 1.26 bits per heavy atom. The molecular weight excluding hydrogens is 258 g/mol. The van der Waals surface area contributed by atoms with Crippen LogP contribution in [0.2, 0.25) is 0 Å². The largest absolute Gasteiger partial charge is 0.382 e. The smallest absolute Gasteiger partial charge is 0.169 e. The minimum Gasteiger partial charge on any atom is -0.382 e. The second-order valence-electron chi connectivity index (χ2n) is 5.51. The summed E-state index contributed by atoms with van der Waals surface area (Å²) in [5.41, 5.74) is 0. The van der Waals surface area contributed by atoms with Gasteiger partial charge in [0.15, 0.2) is 5.11 Å². The van der Waals surface area contributed by atoms with E-state index in [0.717, 1.165) is 63.4 Å². The molecule has 0 aromatic heterocycles. The summed E-state index contributed by atoms with van der Waals surface area (Å²) in [5.74, 6) is 0.996. The molecule has 1 heterocycles. The third kappa shape index (κ3) is 5.63. The molecule has 0 aromatic rings. The van der Waals surface area contributed by atoms with Crippen molar-refractivity contribution in [3.63, 3.8) is 0 Å². The Hall–Kier alpha value is -0.390. The highest BCUT2D eigenvalue weighted by atomic mass is 32.1. The second-order valence-corrected chi connectivity index (χ2v) is 5.90. The van der Waals surface area contributed by atoms with Crippen LogP contribution in [-0.2, 0) is 4.74 Å². The van der Waals surface area contributed by atoms with Crippen LogP contribution >= 0.6 is 12.2 Å². The molecular formula is C14H27N3OS. The number of thiocarbonyl (C=S) groups is 1. The molecule has 0 amide bonds. The lowest BCUT2D eigenvalue weighted by Crippen LogP contribution is -2.52. The fraction of sp³-hybridized carbons (Fsp3) is 0.929. The maximum atomic E-state index is 5.45. The highest BCUT2D eigenvalue weighted by Crippen LogP contribution is 2.29. The lowest BCUT2D eigenvalue weighted by Gasteiger charge is -2.36. The summed E-state index contributed by atoms with van der Waals surface area (Å²) in [5, 5.41) is 4.26. The van der Waals surface area contributed by atoms with Crippen molar-refractivity contribution in [3.8, 4) is 0 Å². The van der Waals surface area contributed by atoms with Crippen molar-refractivity contribution in [2.24, 2.45) is 5.92 Å². The molecule has 0 spiro atoms. The highest BCUT2D eigenvalue weighted by molar-refractivity contribution is 7.80. The summed E-state index contributed by atoms with van der Waals surface area (Å²) in [6.45, 7) is 10.3. The number of hydrogen-bond acceptors (Lipinski definition) is 3. The van der Waals surface area contributed by atoms with Crippen molar-refractivity contribution in [3.05, 3.63) is 0 Å². The lowest BCUT2D eigenvalue weighted by atomic mass is 10.3. The molecule has 1 N–H and O–H groups in total. The number of ether oxygens (including phenoxy) is 1. The van der Waals surface area contributed by atoms with Gasteiger partial charge in [0.1, 0.15) is 0 Å². The molecule has 0 atom stereocenters. The second kappa shape index (κ2) is 8.02. The van der Waals surface area contributed by atoms with Gasteiger partial charge in [0, 0.05) is 52.5 Å². The van der Waals surface area contributed by atoms with Crippen LogP contribution in [-0.4, -0.2) is 67.4 Å². The van der Waals surface area contributed by atoms with Gasteiger partial charge in [0.05, 0.1) is 0 Å². The predicted octanol–water partition coefficient (Wildman–Crippen LogP) is 1.32. The Labute approximate surface area is 122 Å². The van der Waals surface area contributed by atoms with Crippen LogP contribution in [0.15, 0.2) is 0 Å². The number of nitrogens with zero attached hydrogens (tertiary/aromatic N) is 2. The topological polar surface area (TPSA) is 27.7 Å². The van der Waals surface area contributed by atoms with Crippen LogP contribution in [0.25, 0.3) is 0 Å². The summed E-state index contributed by atoms with van der Waals surface area (Å²) < 4.78 is 5.31. The van der Waals surface area contributed by atoms with Gasteiger partial charge in [-0.15, -0.1) is 0 Å². The van der Waals surface area contributed by atoms with Gasteiger partial charge in [-0.1, -0.05) is 0 Å². The van der Waals surface area contributed by atoms with Crippen LogP contribution in [0.5, 0.6) is 0 Å². The summed E-state index contributed by atoms with van der Waals surface area (Å²) in [4.78, 5) is 4.89. The lowest BCUT2D eigenvalue weighted by molar-refractivity contribution is 0.145. The van der Waals surface area contributed by atoms with Gasteiger partial charge in [-0.25, -0.2) is 0 Å². The molecule has 0 radical (unpaired) electrons. The number of piperazine rings is 1. The van der Waals surface area contributed by atoms with E-state index in [1.165, 1.54) is 19.4 Å². The van der Waals surface area contributed by atoms with Gasteiger partial charge in [-0.2, -0.15) is 0 Å². The van der Waals surface area contributed by atoms with Gasteiger partial charge in [0.25, 0.3) is 0 Å². The quantitative estimate of drug-likeness (QED) is 0.562. The standard InChI is InChI=1S/C14H27N3OS/c1-2-18-11-3-6-15-14(19)17-9-7-16(8-10-17)12-13-4-5-13/h13H,2-12H2,1H3,(H,15,19). The number of hydrogen-bond donors (Lipinski definition) is 1. The number of rotatable bonds is 7. The van der Waals surface area contributed by atoms with Crippen molar-refractivity contribution in [2.75, 3.05) is 52.5 Å². The zero-order valence-corrected chi connectivity index (χ0v) is 12.9. The van der Waals surface area contributed by atoms with Crippen LogP contribution in [0.3, 0.4) is 0 Å². The van der Waals surface area contributed by atoms with E-state index >= 15 is 0 Å². The maximum Gasteiger partial charge on any atom is 0.169 e. The molecule has 110 valence electrons. The van der Waals surface area contributed by atoms with E-state index in [1.54, 1.807) is 0 Å². The first kappa shape index (κ1) is 15.0. The molecule has 1 saturated heterocycles. The van der Waals surface area contributed by atoms with Crippen molar-refractivity contribution in [1.82, 2.24) is 15.1 Å². The Kier molecular flexibility index (Phi) is 6.34. The van der Waals surface area contributed by atoms with Crippen molar-refractivity contribution < 1.29 is 4.74 Å². The van der Waals surface area contributed by atoms with Crippen LogP contribution in [0.4, 0.5) is 0 Å². The van der Waals surface area contributed by atoms with E-state index in [-0.39, 0.29) is 0 Å². The SMILES string of the molecule is CCOCCCNC(=S)N1CCN(CC2CC2)CC1. The third-order valence-electron chi connectivity index (χ3n) is 3.82. The van der Waals surface area contributed by atoms with Crippen LogP contribution in [0.1, 0.15) is 26.2 Å². The van der Waals surface area contributed by atoms with Gasteiger partial charge in [-0.3, -0.25) is 4.90 Å². The fourth-order valence-corrected chi connectivity index (χ4v) is 2.71. The molecule has 1 aliphatic carbocycles. The summed E-state index contributed by atoms with van der Waals surface area (Å²) in [6.07, 6.45) is 3.91. The molecule has 1 aliphatic heterocycles. The van der Waals surface area contributed by atoms with E-state index < -0.39 is 0 Å². The third-order valence-corrected chi connectivity index (χ3v) is 4.22. The molecule has 0 bridgehead atoms. The van der Waals surface area contributed by atoms with Gasteiger partial charge in [0.2, 0.25) is 0 Å². The maximum absolute atomic E-state index is 5.45. The van der Waals surface area contributed by atoms with Crippen LogP contribution < -0.4 is 5.32 Å². The zero-order chi connectivity index (χ0) is 13.5. The first-order valence-electron chi connectivity index (χ1n) is 7.62. The number of nitrogens with one attached hydrogen (secondary N) is 1. The molecule has 0 aromatic carbocycles. The Morgan fingerprint density at radius 3 is 2.63 bits per heavy atom. The zero-order valence-electron chi connectivity index (χ0n) is 12.1. The molecule has 5 heteroatoms. The Morgan fingerprint density at radius 2 is 2.00 bits per heavy atom. The Balaban J connectivity index is 1.53. The van der Waals surface area contributed by atoms with Gasteiger partial charge < -0.3 is 15.0 Å². The highest BCUT2D eigenvalue weighted by Gasteiger charge is 2.26. The normalized spacial score (nSPS) is 20.6. The van der Waals surface area contributed by atoms with E-state index in [1.807, 2.05) is 6.92 Å². The average molecular weight is 285 g/mol. The van der Waals surface area contributed by atoms with Crippen molar-refractivity contribution in [1.29, 1.82) is 0 Å². The molecule has 2 rings (SSSR count). The summed E-state index contributed by atoms with van der Waals surface area (Å²) in [6, 6.07) is 0. The van der Waals surface area contributed by atoms with Gasteiger partial charge in [-0.05, 0) is 44.3 Å².